The number of nitrogens with zero attached hydrogens (tertiary/aromatic N) is 1. The molecule has 0 aromatic rings. The zero-order chi connectivity index (χ0) is 7.28. The quantitative estimate of drug-likeness (QED) is 0.463. The lowest BCUT2D eigenvalue weighted by atomic mass is 10.4. The third-order valence-electron chi connectivity index (χ3n) is 1.31. The second-order valence-corrected chi connectivity index (χ2v) is 1.92. The summed E-state index contributed by atoms with van der Waals surface area (Å²) in [6.45, 7) is 2.96. The normalized spacial score (nSPS) is 17.0. The Balaban J connectivity index is 0.000000291. The minimum atomic E-state index is 0.292. The molecule has 1 fully saturated rings. The molecule has 0 aromatic heterocycles. The Morgan fingerprint density at radius 1 is 1.56 bits per heavy atom. The highest BCUT2D eigenvalue weighted by atomic mass is 16.2. The maximum absolute atomic E-state index is 10.5. The standard InChI is InChI=1S/C5H9NO.CH2O/c1-6-4-2-3-5(6)7;1-2/h2-4H2,1H3;1H2. The maximum atomic E-state index is 10.5. The van der Waals surface area contributed by atoms with E-state index < -0.39 is 0 Å². The molecule has 0 N–H and O–H groups in total. The predicted molar refractivity (Wildman–Crippen MR) is 34.0 cm³/mol. The Bertz CT molecular complexity index is 103. The van der Waals surface area contributed by atoms with Crippen molar-refractivity contribution in [2.24, 2.45) is 0 Å². The van der Waals surface area contributed by atoms with E-state index in [4.69, 9.17) is 4.79 Å². The lowest BCUT2D eigenvalue weighted by molar-refractivity contribution is -0.126. The second kappa shape index (κ2) is 4.06. The SMILES string of the molecule is C=O.CN1CCCC1=O. The maximum Gasteiger partial charge on any atom is 0.222 e. The highest BCUT2D eigenvalue weighted by molar-refractivity contribution is 5.77. The molecule has 3 nitrogen and oxygen atoms in total. The van der Waals surface area contributed by atoms with Crippen LogP contribution in [0, 0.1) is 0 Å². The zero-order valence-electron chi connectivity index (χ0n) is 5.59. The molecule has 0 radical (unpaired) electrons. The molecule has 0 aliphatic carbocycles. The number of carbonyl (C=O) groups excluding carboxylic acids is 2. The van der Waals surface area contributed by atoms with E-state index in [-0.39, 0.29) is 0 Å². The van der Waals surface area contributed by atoms with Gasteiger partial charge < -0.3 is 9.69 Å². The molecule has 3 heteroatoms. The molecule has 9 heavy (non-hydrogen) atoms. The van der Waals surface area contributed by atoms with Crippen molar-refractivity contribution >= 4 is 12.7 Å². The van der Waals surface area contributed by atoms with Crippen molar-refractivity contribution in [3.8, 4) is 0 Å². The first kappa shape index (κ1) is 8.14. The molecular formula is C6H11NO2. The van der Waals surface area contributed by atoms with E-state index in [2.05, 4.69) is 0 Å². The number of likely N-dealkylation sites (tertiary alicyclic amines) is 1. The summed E-state index contributed by atoms with van der Waals surface area (Å²) in [5, 5.41) is 0. The van der Waals surface area contributed by atoms with E-state index in [1.54, 1.807) is 4.90 Å². The molecule has 52 valence electrons. The summed E-state index contributed by atoms with van der Waals surface area (Å²) in [6, 6.07) is 0. The van der Waals surface area contributed by atoms with Crippen molar-refractivity contribution in [2.45, 2.75) is 12.8 Å². The van der Waals surface area contributed by atoms with Crippen molar-refractivity contribution < 1.29 is 9.59 Å². The van der Waals surface area contributed by atoms with E-state index in [0.29, 0.717) is 5.91 Å². The van der Waals surface area contributed by atoms with Crippen LogP contribution in [0.15, 0.2) is 0 Å². The Morgan fingerprint density at radius 3 is 2.22 bits per heavy atom. The van der Waals surface area contributed by atoms with E-state index >= 15 is 0 Å². The summed E-state index contributed by atoms with van der Waals surface area (Å²) in [6.07, 6.45) is 1.81. The molecule has 1 aliphatic rings. The first-order valence-electron chi connectivity index (χ1n) is 2.83. The number of rotatable bonds is 0. The van der Waals surface area contributed by atoms with E-state index in [1.807, 2.05) is 13.8 Å². The Labute approximate surface area is 54.6 Å². The molecule has 1 saturated heterocycles. The van der Waals surface area contributed by atoms with Crippen molar-refractivity contribution in [1.29, 1.82) is 0 Å². The summed E-state index contributed by atoms with van der Waals surface area (Å²) in [5.74, 6) is 0.292. The molecule has 0 spiro atoms. The lowest BCUT2D eigenvalue weighted by Gasteiger charge is -2.03. The van der Waals surface area contributed by atoms with Gasteiger partial charge >= 0.3 is 0 Å². The summed E-state index contributed by atoms with van der Waals surface area (Å²) in [7, 11) is 1.84. The van der Waals surface area contributed by atoms with Gasteiger partial charge in [0.25, 0.3) is 0 Å². The first-order chi connectivity index (χ1) is 4.30. The minimum absolute atomic E-state index is 0.292. The Kier molecular flexibility index (Phi) is 3.67. The van der Waals surface area contributed by atoms with Crippen molar-refractivity contribution in [3.05, 3.63) is 0 Å². The van der Waals surface area contributed by atoms with E-state index in [0.717, 1.165) is 19.4 Å². The summed E-state index contributed by atoms with van der Waals surface area (Å²) >= 11 is 0. The van der Waals surface area contributed by atoms with Gasteiger partial charge in [-0.2, -0.15) is 0 Å². The fourth-order valence-corrected chi connectivity index (χ4v) is 0.783. The number of amides is 1. The molecule has 0 atom stereocenters. The number of hydrogen-bond donors (Lipinski definition) is 0. The zero-order valence-corrected chi connectivity index (χ0v) is 5.59. The molecule has 0 bridgehead atoms. The minimum Gasteiger partial charge on any atom is -0.346 e. The molecule has 1 rings (SSSR count). The average molecular weight is 129 g/mol. The van der Waals surface area contributed by atoms with Crippen LogP contribution in [0.25, 0.3) is 0 Å². The van der Waals surface area contributed by atoms with Crippen LogP contribution in [-0.2, 0) is 9.59 Å². The molecule has 0 unspecified atom stereocenters. The largest absolute Gasteiger partial charge is 0.346 e. The summed E-state index contributed by atoms with van der Waals surface area (Å²) < 4.78 is 0. The van der Waals surface area contributed by atoms with Crippen LogP contribution in [0.5, 0.6) is 0 Å². The molecular weight excluding hydrogens is 118 g/mol. The van der Waals surface area contributed by atoms with Gasteiger partial charge in [-0.1, -0.05) is 0 Å². The molecule has 1 amide bonds. The van der Waals surface area contributed by atoms with Crippen molar-refractivity contribution in [3.63, 3.8) is 0 Å². The van der Waals surface area contributed by atoms with Crippen LogP contribution in [0.4, 0.5) is 0 Å². The highest BCUT2D eigenvalue weighted by Gasteiger charge is 2.14. The van der Waals surface area contributed by atoms with Gasteiger partial charge in [0.05, 0.1) is 0 Å². The monoisotopic (exact) mass is 129 g/mol. The van der Waals surface area contributed by atoms with Gasteiger partial charge in [0.1, 0.15) is 6.79 Å². The fraction of sp³-hybridized carbons (Fsp3) is 0.667. The van der Waals surface area contributed by atoms with Gasteiger partial charge in [-0.15, -0.1) is 0 Å². The van der Waals surface area contributed by atoms with Gasteiger partial charge in [0.15, 0.2) is 0 Å². The first-order valence-corrected chi connectivity index (χ1v) is 2.83. The van der Waals surface area contributed by atoms with Crippen LogP contribution < -0.4 is 0 Å². The average Bonchev–Trinajstić information content (AvgIpc) is 2.23. The second-order valence-electron chi connectivity index (χ2n) is 1.92. The summed E-state index contributed by atoms with van der Waals surface area (Å²) in [5.41, 5.74) is 0. The molecule has 0 aromatic carbocycles. The van der Waals surface area contributed by atoms with Gasteiger partial charge in [-0.25, -0.2) is 0 Å². The Morgan fingerprint density at radius 2 is 2.11 bits per heavy atom. The third kappa shape index (κ3) is 2.26. The Hall–Kier alpha value is -0.860. The number of carbonyl (C=O) groups is 2. The smallest absolute Gasteiger partial charge is 0.222 e. The lowest BCUT2D eigenvalue weighted by Crippen LogP contribution is -2.17. The van der Waals surface area contributed by atoms with Crippen LogP contribution in [0.2, 0.25) is 0 Å². The van der Waals surface area contributed by atoms with Crippen LogP contribution in [-0.4, -0.2) is 31.2 Å². The highest BCUT2D eigenvalue weighted by Crippen LogP contribution is 2.04. The van der Waals surface area contributed by atoms with Crippen LogP contribution in [0.1, 0.15) is 12.8 Å². The van der Waals surface area contributed by atoms with E-state index in [1.165, 1.54) is 0 Å². The van der Waals surface area contributed by atoms with Gasteiger partial charge in [-0.05, 0) is 6.42 Å². The summed E-state index contributed by atoms with van der Waals surface area (Å²) in [4.78, 5) is 20.3. The van der Waals surface area contributed by atoms with Gasteiger partial charge in [0, 0.05) is 20.0 Å². The van der Waals surface area contributed by atoms with Gasteiger partial charge in [-0.3, -0.25) is 4.79 Å². The van der Waals surface area contributed by atoms with Crippen molar-refractivity contribution in [2.75, 3.05) is 13.6 Å². The predicted octanol–water partition coefficient (Wildman–Crippen LogP) is 0.0537. The molecule has 1 heterocycles. The topological polar surface area (TPSA) is 37.4 Å². The van der Waals surface area contributed by atoms with E-state index in [9.17, 15) is 4.79 Å². The fourth-order valence-electron chi connectivity index (χ4n) is 0.783. The van der Waals surface area contributed by atoms with Crippen molar-refractivity contribution in [1.82, 2.24) is 4.90 Å². The van der Waals surface area contributed by atoms with Crippen LogP contribution in [0.3, 0.4) is 0 Å². The van der Waals surface area contributed by atoms with Crippen LogP contribution >= 0.6 is 0 Å². The molecule has 0 saturated carbocycles. The van der Waals surface area contributed by atoms with Gasteiger partial charge in [0.2, 0.25) is 5.91 Å². The molecule has 1 aliphatic heterocycles. The number of hydrogen-bond acceptors (Lipinski definition) is 2. The third-order valence-corrected chi connectivity index (χ3v) is 1.31.